The highest BCUT2D eigenvalue weighted by atomic mass is 15.0. The zero-order chi connectivity index (χ0) is 39.9. The van der Waals surface area contributed by atoms with E-state index in [4.69, 9.17) is 0 Å². The van der Waals surface area contributed by atoms with Gasteiger partial charge in [-0.05, 0) is 101 Å². The molecule has 0 radical (unpaired) electrons. The summed E-state index contributed by atoms with van der Waals surface area (Å²) < 4.78 is 4.55. The molecule has 0 saturated heterocycles. The van der Waals surface area contributed by atoms with Gasteiger partial charge in [0.05, 0.1) is 33.4 Å². The molecule has 0 aliphatic carbocycles. The molecule has 0 N–H and O–H groups in total. The second-order valence-corrected chi connectivity index (χ2v) is 14.7. The summed E-state index contributed by atoms with van der Waals surface area (Å²) in [6, 6.07) is 68.7. The lowest BCUT2D eigenvalue weighted by Crippen LogP contribution is -2.06. The summed E-state index contributed by atoms with van der Waals surface area (Å²) in [7, 11) is 0. The zero-order valence-electron chi connectivity index (χ0n) is 32.5. The van der Waals surface area contributed by atoms with E-state index in [1.165, 1.54) is 0 Å². The predicted octanol–water partition coefficient (Wildman–Crippen LogP) is 14.2. The minimum atomic E-state index is 0.570. The first-order valence-corrected chi connectivity index (χ1v) is 19.8. The minimum absolute atomic E-state index is 0.570. The van der Waals surface area contributed by atoms with E-state index in [1.807, 2.05) is 36.5 Å². The van der Waals surface area contributed by atoms with E-state index in [1.54, 1.807) is 0 Å². The maximum Gasteiger partial charge on any atom is 0.104 e. The van der Waals surface area contributed by atoms with Crippen molar-refractivity contribution in [1.82, 2.24) is 9.13 Å². The van der Waals surface area contributed by atoms with Crippen molar-refractivity contribution in [2.45, 2.75) is 6.92 Å². The van der Waals surface area contributed by atoms with Gasteiger partial charge >= 0.3 is 0 Å². The van der Waals surface area contributed by atoms with Crippen molar-refractivity contribution >= 4 is 61.5 Å². The number of para-hydroxylation sites is 2. The smallest absolute Gasteiger partial charge is 0.104 e. The highest BCUT2D eigenvalue weighted by molar-refractivity contribution is 6.13. The Balaban J connectivity index is 1.32. The van der Waals surface area contributed by atoms with Crippen LogP contribution < -0.4 is 0 Å². The van der Waals surface area contributed by atoms with Gasteiger partial charge in [0.2, 0.25) is 0 Å². The molecule has 0 amide bonds. The van der Waals surface area contributed by atoms with Crippen LogP contribution in [0.2, 0.25) is 0 Å². The van der Waals surface area contributed by atoms with Crippen LogP contribution >= 0.6 is 0 Å². The number of allylic oxidation sites excluding steroid dienone is 3. The third kappa shape index (κ3) is 5.96. The third-order valence-electron chi connectivity index (χ3n) is 11.4. The van der Waals surface area contributed by atoms with Crippen LogP contribution in [0.25, 0.3) is 88.4 Å². The van der Waals surface area contributed by atoms with Crippen molar-refractivity contribution in [3.05, 3.63) is 217 Å². The molecule has 2 heterocycles. The van der Waals surface area contributed by atoms with E-state index in [2.05, 4.69) is 198 Å². The Kier molecular flexibility index (Phi) is 8.90. The second kappa shape index (κ2) is 14.8. The molecule has 59 heavy (non-hydrogen) atoms. The number of nitrogens with zero attached hydrogens (tertiary/aromatic N) is 4. The van der Waals surface area contributed by atoms with Crippen molar-refractivity contribution in [3.63, 3.8) is 0 Å². The maximum absolute atomic E-state index is 11.5. The van der Waals surface area contributed by atoms with Gasteiger partial charge in [0.1, 0.15) is 11.6 Å². The highest BCUT2D eigenvalue weighted by Crippen LogP contribution is 2.42. The Labute approximate surface area is 343 Å². The average molecular weight is 755 g/mol. The van der Waals surface area contributed by atoms with Crippen LogP contribution in [0.15, 0.2) is 205 Å². The van der Waals surface area contributed by atoms with Crippen LogP contribution in [0.5, 0.6) is 0 Å². The number of rotatable bonds is 8. The summed E-state index contributed by atoms with van der Waals surface area (Å²) in [6.07, 6.45) is 3.97. The summed E-state index contributed by atoms with van der Waals surface area (Å²) in [5.74, 6) is 0. The molecule has 10 rings (SSSR count). The molecule has 0 aliphatic heterocycles. The molecule has 0 aliphatic rings. The largest absolute Gasteiger partial charge is 0.308 e. The predicted molar refractivity (Wildman–Crippen MR) is 248 cm³/mol. The van der Waals surface area contributed by atoms with Crippen molar-refractivity contribution in [2.75, 3.05) is 0 Å². The van der Waals surface area contributed by atoms with Crippen molar-refractivity contribution < 1.29 is 0 Å². The van der Waals surface area contributed by atoms with Gasteiger partial charge in [0.15, 0.2) is 0 Å². The van der Waals surface area contributed by atoms with Crippen LogP contribution in [0.4, 0.5) is 0 Å². The Bertz CT molecular complexity index is 3160. The van der Waals surface area contributed by atoms with Crippen LogP contribution in [-0.2, 0) is 0 Å². The number of aliphatic imine (C=N–C) groups is 1. The molecule has 2 aromatic heterocycles. The van der Waals surface area contributed by atoms with Gasteiger partial charge in [0, 0.05) is 33.3 Å². The number of fused-ring (bicyclic) bond motifs is 6. The summed E-state index contributed by atoms with van der Waals surface area (Å²) in [5, 5.41) is 16.0. The molecule has 0 bridgehead atoms. The second-order valence-electron chi connectivity index (χ2n) is 14.7. The van der Waals surface area contributed by atoms with Crippen molar-refractivity contribution in [1.29, 1.82) is 5.26 Å². The van der Waals surface area contributed by atoms with Gasteiger partial charge in [0.25, 0.3) is 0 Å². The first-order valence-electron chi connectivity index (χ1n) is 19.8. The van der Waals surface area contributed by atoms with Crippen LogP contribution in [-0.4, -0.2) is 15.9 Å². The van der Waals surface area contributed by atoms with E-state index in [0.29, 0.717) is 5.56 Å². The van der Waals surface area contributed by atoms with E-state index in [9.17, 15) is 5.26 Å². The van der Waals surface area contributed by atoms with Gasteiger partial charge in [-0.25, -0.2) is 0 Å². The fraction of sp³-hybridized carbons (Fsp3) is 0.0182. The zero-order valence-corrected chi connectivity index (χ0v) is 32.5. The summed E-state index contributed by atoms with van der Waals surface area (Å²) >= 11 is 0. The topological polar surface area (TPSA) is 46.0 Å². The number of hydrogen-bond acceptors (Lipinski definition) is 2. The number of benzene rings is 8. The molecular formula is C55H38N4. The van der Waals surface area contributed by atoms with Gasteiger partial charge in [-0.1, -0.05) is 146 Å². The average Bonchev–Trinajstić information content (AvgIpc) is 3.81. The molecular weight excluding hydrogens is 717 g/mol. The van der Waals surface area contributed by atoms with Crippen molar-refractivity contribution in [2.24, 2.45) is 4.99 Å². The fourth-order valence-corrected chi connectivity index (χ4v) is 8.81. The maximum atomic E-state index is 11.5. The van der Waals surface area contributed by atoms with Gasteiger partial charge in [-0.15, -0.1) is 0 Å². The Hall–Kier alpha value is -8.00. The molecule has 4 heteroatoms. The van der Waals surface area contributed by atoms with E-state index in [-0.39, 0.29) is 0 Å². The van der Waals surface area contributed by atoms with Crippen molar-refractivity contribution in [3.8, 4) is 39.7 Å². The van der Waals surface area contributed by atoms with Gasteiger partial charge < -0.3 is 9.13 Å². The summed E-state index contributed by atoms with van der Waals surface area (Å²) in [6.45, 7) is 5.93. The number of aromatic nitrogens is 2. The Morgan fingerprint density at radius 3 is 1.37 bits per heavy atom. The highest BCUT2D eigenvalue weighted by Gasteiger charge is 2.24. The third-order valence-corrected chi connectivity index (χ3v) is 11.4. The number of hydrogen-bond donors (Lipinski definition) is 0. The van der Waals surface area contributed by atoms with Crippen LogP contribution in [0.3, 0.4) is 0 Å². The van der Waals surface area contributed by atoms with Crippen LogP contribution in [0, 0.1) is 11.3 Å². The molecule has 278 valence electrons. The van der Waals surface area contributed by atoms with Crippen LogP contribution in [0.1, 0.15) is 23.6 Å². The Morgan fingerprint density at radius 2 is 0.915 bits per heavy atom. The quantitative estimate of drug-likeness (QED) is 0.113. The normalized spacial score (nSPS) is 12.1. The first kappa shape index (κ1) is 35.4. The fourth-order valence-electron chi connectivity index (χ4n) is 8.81. The monoisotopic (exact) mass is 754 g/mol. The molecule has 0 fully saturated rings. The summed E-state index contributed by atoms with van der Waals surface area (Å²) in [4.78, 5) is 4.30. The van der Waals surface area contributed by atoms with E-state index >= 15 is 0 Å². The lowest BCUT2D eigenvalue weighted by molar-refractivity contribution is 1.11. The molecule has 0 saturated carbocycles. The molecule has 0 atom stereocenters. The van der Waals surface area contributed by atoms with Gasteiger partial charge in [-0.2, -0.15) is 5.26 Å². The lowest BCUT2D eigenvalue weighted by Gasteiger charge is -2.20. The standard InChI is InChI=1S/C55H38N4/c1-3-43(49(36-57-2)39-21-11-6-12-22-39)42-33-54(58-50-25-15-13-23-44(50)46-31-40(27-29-52(46)58)37-17-7-4-8-18-37)48(35-56)55(34-42)59-51-26-16-14-24-45(51)47-32-41(28-30-53(47)59)38-19-9-5-10-20-38/h3-34,36H,2H2,1H3/b43-3-,49-36-. The molecule has 0 spiro atoms. The van der Waals surface area contributed by atoms with Gasteiger partial charge in [-0.3, -0.25) is 4.99 Å². The van der Waals surface area contributed by atoms with E-state index < -0.39 is 0 Å². The SMILES string of the molecule is C=N/C=C(\C(=C/C)c1cc(-n2c3ccccc3c3cc(-c4ccccc4)ccc32)c(C#N)c(-n2c3ccccc3c3cc(-c4ccccc4)ccc32)c1)c1ccccc1. The minimum Gasteiger partial charge on any atom is -0.308 e. The molecule has 4 nitrogen and oxygen atoms in total. The lowest BCUT2D eigenvalue weighted by atomic mass is 9.91. The molecule has 10 aromatic rings. The molecule has 0 unspecified atom stereocenters. The first-order chi connectivity index (χ1) is 29.2. The summed E-state index contributed by atoms with van der Waals surface area (Å²) in [5.41, 5.74) is 14.7. The number of nitriles is 1. The van der Waals surface area contributed by atoms with E-state index in [0.717, 1.165) is 99.5 Å². The Morgan fingerprint density at radius 1 is 0.475 bits per heavy atom. The molecule has 8 aromatic carbocycles.